The summed E-state index contributed by atoms with van der Waals surface area (Å²) in [5.74, 6) is -2.32. The molecule has 0 saturated heterocycles. The van der Waals surface area contributed by atoms with Crippen molar-refractivity contribution in [2.24, 2.45) is 0 Å². The van der Waals surface area contributed by atoms with Crippen molar-refractivity contribution in [2.75, 3.05) is 39.6 Å². The molecule has 2 unspecified atom stereocenters. The molecule has 3 N–H and O–H groups in total. The number of rotatable bonds is 78. The molecule has 0 aromatic heterocycles. The maximum Gasteiger partial charge on any atom is 0.472 e. The number of phosphoric ester groups is 2. The Labute approximate surface area is 644 Å². The predicted octanol–water partition coefficient (Wildman–Crippen LogP) is 24.7. The topological polar surface area (TPSA) is 237 Å². The lowest BCUT2D eigenvalue weighted by atomic mass is 10.0. The van der Waals surface area contributed by atoms with Crippen LogP contribution in [0.3, 0.4) is 0 Å². The highest BCUT2D eigenvalue weighted by molar-refractivity contribution is 7.47. The molecule has 0 aliphatic rings. The van der Waals surface area contributed by atoms with Crippen molar-refractivity contribution in [3.8, 4) is 0 Å². The molecule has 0 aliphatic heterocycles. The minimum atomic E-state index is -5.00. The average Bonchev–Trinajstić information content (AvgIpc) is 0.908. The Morgan fingerprint density at radius 3 is 0.849 bits per heavy atom. The standard InChI is InChI=1S/C87H150O17P2/c1-5-9-13-17-21-25-29-33-37-39-40-42-46-50-54-58-62-66-70-74-87(92)104-83(77-97-84(89)71-67-63-59-55-51-47-43-35-31-27-23-19-15-11-7-3)80-102-106(95,96)100-76-81(88)75-99-105(93,94)101-79-82(103-86(91)73-69-65-61-57-53-49-44-36-32-28-24-20-16-12-8-4)78-98-85(90)72-68-64-60-56-52-48-45-41-38-34-30-26-22-18-14-10-6-2/h9,13,21-22,25-26,33-34,37-38,40,42,45,48,50,54,56,60,62,66,81-83,88H,5-8,10-12,14-20,23-24,27-32,35-36,39,41,43-44,46-47,49,51-53,55,57-59,61,63-65,67-80H2,1-4H3,(H,93,94)(H,95,96)/b13-9-,25-21-,26-22-,37-33-,38-34-,42-40-,48-45-,54-50-,60-56-,66-62-/t81-,82-,83-/m1/s1. The van der Waals surface area contributed by atoms with E-state index in [1.165, 1.54) is 148 Å². The number of carbonyl (C=O) groups is 4. The zero-order valence-electron chi connectivity index (χ0n) is 66.8. The lowest BCUT2D eigenvalue weighted by molar-refractivity contribution is -0.161. The summed E-state index contributed by atoms with van der Waals surface area (Å²) in [6, 6.07) is 0. The van der Waals surface area contributed by atoms with Crippen LogP contribution in [-0.4, -0.2) is 96.7 Å². The molecule has 0 amide bonds. The van der Waals surface area contributed by atoms with Crippen LogP contribution in [0, 0.1) is 0 Å². The van der Waals surface area contributed by atoms with E-state index in [0.717, 1.165) is 109 Å². The predicted molar refractivity (Wildman–Crippen MR) is 436 cm³/mol. The normalized spacial score (nSPS) is 14.4. The van der Waals surface area contributed by atoms with Crippen molar-refractivity contribution in [3.05, 3.63) is 122 Å². The number of aliphatic hydroxyl groups is 1. The van der Waals surface area contributed by atoms with Crippen LogP contribution in [0.25, 0.3) is 0 Å². The van der Waals surface area contributed by atoms with Gasteiger partial charge in [-0.25, -0.2) is 9.13 Å². The van der Waals surface area contributed by atoms with Gasteiger partial charge >= 0.3 is 39.5 Å². The number of ether oxygens (including phenoxy) is 4. The van der Waals surface area contributed by atoms with E-state index in [4.69, 9.17) is 37.0 Å². The molecular weight excluding hydrogens is 1380 g/mol. The molecule has 0 bridgehead atoms. The van der Waals surface area contributed by atoms with Crippen molar-refractivity contribution in [1.29, 1.82) is 0 Å². The van der Waals surface area contributed by atoms with Gasteiger partial charge in [0, 0.05) is 25.7 Å². The van der Waals surface area contributed by atoms with E-state index in [-0.39, 0.29) is 25.7 Å². The fourth-order valence-corrected chi connectivity index (χ4v) is 12.7. The van der Waals surface area contributed by atoms with Crippen LogP contribution >= 0.6 is 15.6 Å². The molecule has 0 heterocycles. The van der Waals surface area contributed by atoms with Gasteiger partial charge in [-0.15, -0.1) is 0 Å². The number of unbranched alkanes of at least 4 members (excludes halogenated alkanes) is 32. The van der Waals surface area contributed by atoms with Gasteiger partial charge < -0.3 is 33.8 Å². The number of allylic oxidation sites excluding steroid dienone is 20. The van der Waals surface area contributed by atoms with E-state index in [1.54, 1.807) is 0 Å². The second-order valence-corrected chi connectivity index (χ2v) is 30.6. The molecule has 19 heteroatoms. The molecule has 17 nitrogen and oxygen atoms in total. The molecule has 0 aromatic rings. The van der Waals surface area contributed by atoms with Gasteiger partial charge in [0.05, 0.1) is 26.4 Å². The number of phosphoric acid groups is 2. The summed E-state index contributed by atoms with van der Waals surface area (Å²) in [5, 5.41) is 10.7. The first-order valence-electron chi connectivity index (χ1n) is 41.8. The van der Waals surface area contributed by atoms with Crippen molar-refractivity contribution in [1.82, 2.24) is 0 Å². The maximum absolute atomic E-state index is 13.1. The minimum Gasteiger partial charge on any atom is -0.462 e. The smallest absolute Gasteiger partial charge is 0.462 e. The summed E-state index contributed by atoms with van der Waals surface area (Å²) in [6.07, 6.45) is 87.6. The van der Waals surface area contributed by atoms with Crippen LogP contribution < -0.4 is 0 Å². The molecule has 0 saturated carbocycles. The lowest BCUT2D eigenvalue weighted by Crippen LogP contribution is -2.30. The van der Waals surface area contributed by atoms with Crippen LogP contribution in [0.4, 0.5) is 0 Å². The molecule has 0 aliphatic carbocycles. The number of carbonyl (C=O) groups excluding carboxylic acids is 4. The first-order valence-corrected chi connectivity index (χ1v) is 44.8. The number of hydrogen-bond acceptors (Lipinski definition) is 15. The van der Waals surface area contributed by atoms with Gasteiger partial charge in [-0.2, -0.15) is 0 Å². The van der Waals surface area contributed by atoms with Gasteiger partial charge in [0.2, 0.25) is 0 Å². The van der Waals surface area contributed by atoms with E-state index in [1.807, 2.05) is 30.4 Å². The van der Waals surface area contributed by atoms with Gasteiger partial charge in [0.15, 0.2) is 12.2 Å². The Morgan fingerprint density at radius 1 is 0.274 bits per heavy atom. The van der Waals surface area contributed by atoms with Crippen LogP contribution in [0.2, 0.25) is 0 Å². The summed E-state index contributed by atoms with van der Waals surface area (Å²) in [5.41, 5.74) is 0. The Hall–Kier alpha value is -4.54. The Balaban J connectivity index is 5.46. The van der Waals surface area contributed by atoms with E-state index < -0.39 is 97.5 Å². The third-order valence-electron chi connectivity index (χ3n) is 17.5. The molecule has 0 radical (unpaired) electrons. The molecule has 0 spiro atoms. The first kappa shape index (κ1) is 101. The molecular formula is C87H150O17P2. The molecule has 610 valence electrons. The molecule has 0 aromatic carbocycles. The molecule has 0 fully saturated rings. The number of hydrogen-bond donors (Lipinski definition) is 3. The molecule has 106 heavy (non-hydrogen) atoms. The molecule has 5 atom stereocenters. The fraction of sp³-hybridized carbons (Fsp3) is 0.724. The second-order valence-electron chi connectivity index (χ2n) is 27.7. The summed E-state index contributed by atoms with van der Waals surface area (Å²) in [6.45, 7) is 4.64. The minimum absolute atomic E-state index is 0.0310. The zero-order chi connectivity index (χ0) is 77.4. The largest absolute Gasteiger partial charge is 0.472 e. The van der Waals surface area contributed by atoms with Crippen molar-refractivity contribution < 1.29 is 80.2 Å². The number of esters is 4. The van der Waals surface area contributed by atoms with Gasteiger partial charge in [-0.05, 0) is 103 Å². The summed E-state index contributed by atoms with van der Waals surface area (Å²) in [7, 11) is -10.00. The zero-order valence-corrected chi connectivity index (χ0v) is 68.6. The fourth-order valence-electron chi connectivity index (χ4n) is 11.1. The van der Waals surface area contributed by atoms with Gasteiger partial charge in [0.1, 0.15) is 19.3 Å². The average molecular weight is 1530 g/mol. The first-order chi connectivity index (χ1) is 51.7. The van der Waals surface area contributed by atoms with E-state index in [9.17, 15) is 43.2 Å². The van der Waals surface area contributed by atoms with Crippen molar-refractivity contribution in [3.63, 3.8) is 0 Å². The van der Waals surface area contributed by atoms with Gasteiger partial charge in [-0.1, -0.05) is 342 Å². The lowest BCUT2D eigenvalue weighted by Gasteiger charge is -2.21. The van der Waals surface area contributed by atoms with Crippen LogP contribution in [0.5, 0.6) is 0 Å². The van der Waals surface area contributed by atoms with Crippen molar-refractivity contribution >= 4 is 39.5 Å². The van der Waals surface area contributed by atoms with Crippen molar-refractivity contribution in [2.45, 2.75) is 367 Å². The highest BCUT2D eigenvalue weighted by Gasteiger charge is 2.30. The second kappa shape index (κ2) is 78.6. The van der Waals surface area contributed by atoms with Gasteiger partial charge in [-0.3, -0.25) is 37.3 Å². The third-order valence-corrected chi connectivity index (χ3v) is 19.4. The summed E-state index contributed by atoms with van der Waals surface area (Å²) < 4.78 is 68.6. The quantitative estimate of drug-likeness (QED) is 0.0169. The Kier molecular flexibility index (Phi) is 75.2. The third kappa shape index (κ3) is 77.6. The summed E-state index contributed by atoms with van der Waals surface area (Å²) in [4.78, 5) is 73.1. The SMILES string of the molecule is CC/C=C\C/C=C\C/C=C\C/C=C\C/C=C\C/C=C\CCC(=O)O[C@H](COC(=O)CCCCCCCCCCCCCCCCC)COP(=O)(O)OC[C@H](O)COP(=O)(O)OC[C@@H](COC(=O)CCC/C=C\C/C=C\C/C=C\C/C=C\CCCCC)OC(=O)CCCCCCCCCCCCCCCCC. The van der Waals surface area contributed by atoms with E-state index in [2.05, 4.69) is 119 Å². The highest BCUT2D eigenvalue weighted by atomic mass is 31.2. The number of aliphatic hydroxyl groups excluding tert-OH is 1. The molecule has 0 rings (SSSR count). The maximum atomic E-state index is 13.1. The van der Waals surface area contributed by atoms with Crippen LogP contribution in [-0.2, 0) is 65.4 Å². The summed E-state index contributed by atoms with van der Waals surface area (Å²) >= 11 is 0. The van der Waals surface area contributed by atoms with Gasteiger partial charge in [0.25, 0.3) is 0 Å². The monoisotopic (exact) mass is 1530 g/mol. The highest BCUT2D eigenvalue weighted by Crippen LogP contribution is 2.45. The van der Waals surface area contributed by atoms with Crippen LogP contribution in [0.15, 0.2) is 122 Å². The van der Waals surface area contributed by atoms with E-state index in [0.29, 0.717) is 38.5 Å². The van der Waals surface area contributed by atoms with Crippen LogP contribution in [0.1, 0.15) is 349 Å². The Morgan fingerprint density at radius 2 is 0.519 bits per heavy atom. The van der Waals surface area contributed by atoms with E-state index >= 15 is 0 Å². The Bertz CT molecular complexity index is 2480.